The Bertz CT molecular complexity index is 722. The van der Waals surface area contributed by atoms with Gasteiger partial charge in [0, 0.05) is 30.5 Å². The largest absolute Gasteiger partial charge is 0.462 e. The third-order valence-corrected chi connectivity index (χ3v) is 3.27. The van der Waals surface area contributed by atoms with E-state index in [4.69, 9.17) is 16.3 Å². The average molecular weight is 348 g/mol. The number of ether oxygens (including phenoxy) is 1. The maximum absolute atomic E-state index is 12.0. The molecule has 0 fully saturated rings. The number of pyridine rings is 1. The highest BCUT2D eigenvalue weighted by atomic mass is 35.5. The predicted octanol–water partition coefficient (Wildman–Crippen LogP) is 3.35. The fourth-order valence-electron chi connectivity index (χ4n) is 1.99. The van der Waals surface area contributed by atoms with Crippen LogP contribution in [0.2, 0.25) is 5.15 Å². The number of esters is 1. The van der Waals surface area contributed by atoms with Crippen molar-refractivity contribution in [3.63, 3.8) is 0 Å². The Labute approximate surface area is 145 Å². The van der Waals surface area contributed by atoms with Crippen LogP contribution in [0.1, 0.15) is 23.7 Å². The van der Waals surface area contributed by atoms with Crippen molar-refractivity contribution in [2.75, 3.05) is 23.8 Å². The van der Waals surface area contributed by atoms with Gasteiger partial charge in [0.05, 0.1) is 12.2 Å². The Morgan fingerprint density at radius 2 is 2.04 bits per heavy atom. The van der Waals surface area contributed by atoms with Crippen molar-refractivity contribution in [2.45, 2.75) is 13.3 Å². The van der Waals surface area contributed by atoms with E-state index in [9.17, 15) is 9.59 Å². The first-order valence-electron chi connectivity index (χ1n) is 7.51. The number of hydrogen-bond acceptors (Lipinski definition) is 5. The lowest BCUT2D eigenvalue weighted by Gasteiger charge is -2.09. The third-order valence-electron chi connectivity index (χ3n) is 3.07. The number of carbonyl (C=O) groups is 2. The van der Waals surface area contributed by atoms with Crippen LogP contribution in [0.4, 0.5) is 11.4 Å². The van der Waals surface area contributed by atoms with Crippen molar-refractivity contribution in [3.05, 3.63) is 53.3 Å². The lowest BCUT2D eigenvalue weighted by Crippen LogP contribution is -2.16. The first kappa shape index (κ1) is 17.7. The van der Waals surface area contributed by atoms with Crippen LogP contribution in [0.15, 0.2) is 42.6 Å². The second kappa shape index (κ2) is 8.88. The van der Waals surface area contributed by atoms with Gasteiger partial charge in [-0.25, -0.2) is 9.78 Å². The van der Waals surface area contributed by atoms with Crippen LogP contribution in [-0.4, -0.2) is 30.0 Å². The van der Waals surface area contributed by atoms with Crippen molar-refractivity contribution in [2.24, 2.45) is 0 Å². The normalized spacial score (nSPS) is 10.1. The first-order chi connectivity index (χ1) is 11.6. The molecule has 0 aliphatic rings. The molecule has 7 heteroatoms. The van der Waals surface area contributed by atoms with Gasteiger partial charge in [-0.15, -0.1) is 0 Å². The van der Waals surface area contributed by atoms with Gasteiger partial charge in [-0.3, -0.25) is 4.79 Å². The van der Waals surface area contributed by atoms with E-state index < -0.39 is 5.97 Å². The van der Waals surface area contributed by atoms with E-state index in [0.29, 0.717) is 29.6 Å². The molecule has 126 valence electrons. The molecule has 1 aromatic carbocycles. The zero-order chi connectivity index (χ0) is 17.4. The van der Waals surface area contributed by atoms with Crippen LogP contribution in [0.5, 0.6) is 0 Å². The molecular weight excluding hydrogens is 330 g/mol. The molecular formula is C17H18ClN3O3. The second-order valence-electron chi connectivity index (χ2n) is 4.89. The van der Waals surface area contributed by atoms with E-state index in [-0.39, 0.29) is 12.3 Å². The number of carbonyl (C=O) groups excluding carboxylic acids is 2. The Morgan fingerprint density at radius 3 is 2.79 bits per heavy atom. The summed E-state index contributed by atoms with van der Waals surface area (Å²) < 4.78 is 4.93. The van der Waals surface area contributed by atoms with E-state index in [1.54, 1.807) is 49.5 Å². The van der Waals surface area contributed by atoms with Crippen molar-refractivity contribution in [3.8, 4) is 0 Å². The van der Waals surface area contributed by atoms with E-state index in [2.05, 4.69) is 15.6 Å². The number of aromatic nitrogens is 1. The summed E-state index contributed by atoms with van der Waals surface area (Å²) in [7, 11) is 0. The monoisotopic (exact) mass is 347 g/mol. The molecule has 0 unspecified atom stereocenters. The molecule has 24 heavy (non-hydrogen) atoms. The molecule has 2 aromatic rings. The molecule has 1 amide bonds. The van der Waals surface area contributed by atoms with E-state index >= 15 is 0 Å². The van der Waals surface area contributed by atoms with Gasteiger partial charge in [-0.1, -0.05) is 17.7 Å². The third kappa shape index (κ3) is 5.55. The molecule has 1 aromatic heterocycles. The summed E-state index contributed by atoms with van der Waals surface area (Å²) in [5, 5.41) is 6.23. The van der Waals surface area contributed by atoms with Gasteiger partial charge >= 0.3 is 5.97 Å². The number of rotatable bonds is 7. The fraction of sp³-hybridized carbons (Fsp3) is 0.235. The zero-order valence-electron chi connectivity index (χ0n) is 13.2. The standard InChI is InChI=1S/C17H18ClN3O3/c1-2-24-17(23)12-4-3-5-14(10-12)21-16(22)7-9-19-13-6-8-20-15(18)11-13/h3-6,8,10-11H,2,7,9H2,1H3,(H,19,20)(H,21,22). The van der Waals surface area contributed by atoms with Crippen molar-refractivity contribution in [1.29, 1.82) is 0 Å². The molecule has 2 rings (SSSR count). The summed E-state index contributed by atoms with van der Waals surface area (Å²) in [4.78, 5) is 27.5. The van der Waals surface area contributed by atoms with Crippen LogP contribution in [0.3, 0.4) is 0 Å². The van der Waals surface area contributed by atoms with Crippen LogP contribution in [0.25, 0.3) is 0 Å². The van der Waals surface area contributed by atoms with Crippen LogP contribution >= 0.6 is 11.6 Å². The summed E-state index contributed by atoms with van der Waals surface area (Å²) in [6, 6.07) is 10.1. The van der Waals surface area contributed by atoms with Crippen molar-refractivity contribution < 1.29 is 14.3 Å². The summed E-state index contributed by atoms with van der Waals surface area (Å²) in [6.45, 7) is 2.50. The van der Waals surface area contributed by atoms with Gasteiger partial charge in [0.1, 0.15) is 5.15 Å². The Hall–Kier alpha value is -2.60. The molecule has 0 saturated heterocycles. The molecule has 0 aliphatic carbocycles. The van der Waals surface area contributed by atoms with Crippen molar-refractivity contribution in [1.82, 2.24) is 4.98 Å². The van der Waals surface area contributed by atoms with Gasteiger partial charge in [0.15, 0.2) is 0 Å². The molecule has 1 heterocycles. The minimum atomic E-state index is -0.412. The zero-order valence-corrected chi connectivity index (χ0v) is 14.0. The fourth-order valence-corrected chi connectivity index (χ4v) is 2.17. The minimum absolute atomic E-state index is 0.163. The predicted molar refractivity (Wildman–Crippen MR) is 93.4 cm³/mol. The molecule has 0 aliphatic heterocycles. The molecule has 6 nitrogen and oxygen atoms in total. The molecule has 0 radical (unpaired) electrons. The number of nitrogens with one attached hydrogen (secondary N) is 2. The summed E-state index contributed by atoms with van der Waals surface area (Å²) in [6.07, 6.45) is 1.86. The molecule has 0 saturated carbocycles. The number of anilines is 2. The maximum Gasteiger partial charge on any atom is 0.338 e. The summed E-state index contributed by atoms with van der Waals surface area (Å²) in [5.41, 5.74) is 1.75. The molecule has 0 spiro atoms. The van der Waals surface area contributed by atoms with Gasteiger partial charge < -0.3 is 15.4 Å². The number of hydrogen-bond donors (Lipinski definition) is 2. The lowest BCUT2D eigenvalue weighted by molar-refractivity contribution is -0.115. The number of nitrogens with zero attached hydrogens (tertiary/aromatic N) is 1. The SMILES string of the molecule is CCOC(=O)c1cccc(NC(=O)CCNc2ccnc(Cl)c2)c1. The quantitative estimate of drug-likeness (QED) is 0.593. The van der Waals surface area contributed by atoms with E-state index in [1.165, 1.54) is 0 Å². The smallest absolute Gasteiger partial charge is 0.338 e. The maximum atomic E-state index is 12.0. The van der Waals surface area contributed by atoms with Crippen molar-refractivity contribution >= 4 is 34.9 Å². The molecule has 0 atom stereocenters. The highest BCUT2D eigenvalue weighted by Crippen LogP contribution is 2.13. The highest BCUT2D eigenvalue weighted by Gasteiger charge is 2.08. The van der Waals surface area contributed by atoms with Crippen LogP contribution < -0.4 is 10.6 Å². The van der Waals surface area contributed by atoms with Gasteiger partial charge in [0.2, 0.25) is 5.91 Å². The second-order valence-corrected chi connectivity index (χ2v) is 5.28. The lowest BCUT2D eigenvalue weighted by atomic mass is 10.2. The van der Waals surface area contributed by atoms with Crippen LogP contribution in [0, 0.1) is 0 Å². The number of halogens is 1. The van der Waals surface area contributed by atoms with E-state index in [0.717, 1.165) is 5.69 Å². The Morgan fingerprint density at radius 1 is 1.21 bits per heavy atom. The number of amides is 1. The summed E-state index contributed by atoms with van der Waals surface area (Å²) in [5.74, 6) is -0.575. The minimum Gasteiger partial charge on any atom is -0.462 e. The molecule has 2 N–H and O–H groups in total. The Kier molecular flexibility index (Phi) is 6.57. The van der Waals surface area contributed by atoms with E-state index in [1.807, 2.05) is 0 Å². The van der Waals surface area contributed by atoms with Gasteiger partial charge in [0.25, 0.3) is 0 Å². The van der Waals surface area contributed by atoms with Gasteiger partial charge in [-0.2, -0.15) is 0 Å². The highest BCUT2D eigenvalue weighted by molar-refractivity contribution is 6.29. The number of benzene rings is 1. The Balaban J connectivity index is 1.84. The topological polar surface area (TPSA) is 80.3 Å². The average Bonchev–Trinajstić information content (AvgIpc) is 2.55. The van der Waals surface area contributed by atoms with Crippen LogP contribution in [-0.2, 0) is 9.53 Å². The summed E-state index contributed by atoms with van der Waals surface area (Å²) >= 11 is 5.79. The first-order valence-corrected chi connectivity index (χ1v) is 7.88. The molecule has 0 bridgehead atoms. The van der Waals surface area contributed by atoms with Gasteiger partial charge in [-0.05, 0) is 37.3 Å².